The van der Waals surface area contributed by atoms with E-state index in [1.54, 1.807) is 12.3 Å². The molecule has 2 nitrogen and oxygen atoms in total. The summed E-state index contributed by atoms with van der Waals surface area (Å²) in [7, 11) is 0. The molecule has 0 bridgehead atoms. The zero-order chi connectivity index (χ0) is 12.3. The van der Waals surface area contributed by atoms with Crippen LogP contribution < -0.4 is 5.32 Å². The van der Waals surface area contributed by atoms with Crippen LogP contribution in [0.3, 0.4) is 0 Å². The summed E-state index contributed by atoms with van der Waals surface area (Å²) >= 11 is 3.26. The van der Waals surface area contributed by atoms with Crippen LogP contribution in [0.5, 0.6) is 0 Å². The number of rotatable bonds is 3. The third-order valence-corrected chi connectivity index (χ3v) is 2.67. The van der Waals surface area contributed by atoms with Gasteiger partial charge < -0.3 is 5.32 Å². The van der Waals surface area contributed by atoms with E-state index in [1.807, 2.05) is 6.07 Å². The molecule has 0 atom stereocenters. The maximum atomic E-state index is 13.3. The largest absolute Gasteiger partial charge is 0.375 e. The van der Waals surface area contributed by atoms with E-state index in [4.69, 9.17) is 0 Å². The Morgan fingerprint density at radius 3 is 2.41 bits per heavy atom. The first kappa shape index (κ1) is 12.0. The molecule has 0 amide bonds. The van der Waals surface area contributed by atoms with Crippen molar-refractivity contribution in [2.24, 2.45) is 0 Å². The Labute approximate surface area is 106 Å². The highest BCUT2D eigenvalue weighted by atomic mass is 79.9. The molecule has 0 spiro atoms. The molecule has 0 saturated carbocycles. The zero-order valence-electron chi connectivity index (χ0n) is 8.75. The standard InChI is InChI=1S/C12H9BrF2N2/c13-8-4-5-9(16-6-8)7-17-12-10(14)2-1-3-11(12)15/h1-6,17H,7H2. The molecule has 1 N–H and O–H groups in total. The Morgan fingerprint density at radius 2 is 1.82 bits per heavy atom. The molecule has 0 aliphatic rings. The number of hydrogen-bond acceptors (Lipinski definition) is 2. The molecule has 1 heterocycles. The van der Waals surface area contributed by atoms with Gasteiger partial charge in [-0.3, -0.25) is 4.98 Å². The van der Waals surface area contributed by atoms with Crippen molar-refractivity contribution in [2.75, 3.05) is 5.32 Å². The predicted molar refractivity (Wildman–Crippen MR) is 65.6 cm³/mol. The van der Waals surface area contributed by atoms with E-state index >= 15 is 0 Å². The first-order chi connectivity index (χ1) is 8.16. The molecule has 5 heteroatoms. The van der Waals surface area contributed by atoms with Gasteiger partial charge in [0.2, 0.25) is 0 Å². The third kappa shape index (κ3) is 3.00. The number of benzene rings is 1. The number of hydrogen-bond donors (Lipinski definition) is 1. The van der Waals surface area contributed by atoms with Crippen LogP contribution in [0.1, 0.15) is 5.69 Å². The molecular formula is C12H9BrF2N2. The summed E-state index contributed by atoms with van der Waals surface area (Å²) in [6.07, 6.45) is 1.63. The maximum Gasteiger partial charge on any atom is 0.149 e. The Kier molecular flexibility index (Phi) is 3.68. The molecule has 0 radical (unpaired) electrons. The monoisotopic (exact) mass is 298 g/mol. The van der Waals surface area contributed by atoms with Crippen molar-refractivity contribution in [1.29, 1.82) is 0 Å². The first-order valence-electron chi connectivity index (χ1n) is 4.95. The van der Waals surface area contributed by atoms with Gasteiger partial charge in [-0.15, -0.1) is 0 Å². The van der Waals surface area contributed by atoms with Crippen molar-refractivity contribution in [1.82, 2.24) is 4.98 Å². The average molecular weight is 299 g/mol. The molecule has 0 fully saturated rings. The second-order valence-electron chi connectivity index (χ2n) is 3.42. The van der Waals surface area contributed by atoms with Gasteiger partial charge in [0.05, 0.1) is 12.2 Å². The fraction of sp³-hybridized carbons (Fsp3) is 0.0833. The van der Waals surface area contributed by atoms with Gasteiger partial charge in [0.1, 0.15) is 17.3 Å². The average Bonchev–Trinajstić information content (AvgIpc) is 2.31. The number of aromatic nitrogens is 1. The van der Waals surface area contributed by atoms with Crippen LogP contribution in [0.4, 0.5) is 14.5 Å². The Morgan fingerprint density at radius 1 is 1.12 bits per heavy atom. The van der Waals surface area contributed by atoms with Crippen LogP contribution in [-0.4, -0.2) is 4.98 Å². The zero-order valence-corrected chi connectivity index (χ0v) is 10.3. The summed E-state index contributed by atoms with van der Waals surface area (Å²) in [5.74, 6) is -1.22. The third-order valence-electron chi connectivity index (χ3n) is 2.20. The second kappa shape index (κ2) is 5.23. The summed E-state index contributed by atoms with van der Waals surface area (Å²) in [6.45, 7) is 0.269. The van der Waals surface area contributed by atoms with Gasteiger partial charge in [-0.1, -0.05) is 6.07 Å². The van der Waals surface area contributed by atoms with Crippen molar-refractivity contribution in [3.05, 3.63) is 58.3 Å². The van der Waals surface area contributed by atoms with Crippen molar-refractivity contribution < 1.29 is 8.78 Å². The van der Waals surface area contributed by atoms with Crippen LogP contribution in [0.2, 0.25) is 0 Å². The highest BCUT2D eigenvalue weighted by Crippen LogP contribution is 2.18. The molecule has 1 aromatic carbocycles. The molecule has 0 unspecified atom stereocenters. The molecule has 17 heavy (non-hydrogen) atoms. The van der Waals surface area contributed by atoms with E-state index in [-0.39, 0.29) is 12.2 Å². The minimum Gasteiger partial charge on any atom is -0.375 e. The molecule has 0 aliphatic heterocycles. The maximum absolute atomic E-state index is 13.3. The first-order valence-corrected chi connectivity index (χ1v) is 5.74. The lowest BCUT2D eigenvalue weighted by atomic mass is 10.2. The summed E-state index contributed by atoms with van der Waals surface area (Å²) in [4.78, 5) is 4.10. The lowest BCUT2D eigenvalue weighted by Gasteiger charge is -2.08. The Bertz CT molecular complexity index is 494. The van der Waals surface area contributed by atoms with E-state index in [9.17, 15) is 8.78 Å². The molecule has 2 rings (SSSR count). The van der Waals surface area contributed by atoms with Crippen molar-refractivity contribution in [3.8, 4) is 0 Å². The van der Waals surface area contributed by atoms with Crippen LogP contribution >= 0.6 is 15.9 Å². The van der Waals surface area contributed by atoms with Crippen molar-refractivity contribution in [3.63, 3.8) is 0 Å². The van der Waals surface area contributed by atoms with Crippen molar-refractivity contribution >= 4 is 21.6 Å². The topological polar surface area (TPSA) is 24.9 Å². The number of pyridine rings is 1. The molecular weight excluding hydrogens is 290 g/mol. The summed E-state index contributed by atoms with van der Waals surface area (Å²) in [5, 5.41) is 2.69. The molecule has 2 aromatic rings. The predicted octanol–water partition coefficient (Wildman–Crippen LogP) is 3.73. The fourth-order valence-electron chi connectivity index (χ4n) is 1.36. The van der Waals surface area contributed by atoms with E-state index in [0.29, 0.717) is 5.69 Å². The summed E-state index contributed by atoms with van der Waals surface area (Å²) < 4.78 is 27.4. The van der Waals surface area contributed by atoms with Crippen LogP contribution in [-0.2, 0) is 6.54 Å². The van der Waals surface area contributed by atoms with Crippen LogP contribution in [0, 0.1) is 11.6 Å². The number of nitrogens with one attached hydrogen (secondary N) is 1. The molecule has 0 saturated heterocycles. The summed E-state index contributed by atoms with van der Waals surface area (Å²) in [5.41, 5.74) is 0.577. The van der Waals surface area contributed by atoms with Gasteiger partial charge in [-0.05, 0) is 40.2 Å². The fourth-order valence-corrected chi connectivity index (χ4v) is 1.59. The lowest BCUT2D eigenvalue weighted by molar-refractivity contribution is 0.588. The van der Waals surface area contributed by atoms with E-state index in [2.05, 4.69) is 26.2 Å². The minimum atomic E-state index is -0.609. The van der Waals surface area contributed by atoms with Crippen molar-refractivity contribution in [2.45, 2.75) is 6.54 Å². The smallest absolute Gasteiger partial charge is 0.149 e. The number of anilines is 1. The van der Waals surface area contributed by atoms with Gasteiger partial charge in [-0.2, -0.15) is 0 Å². The normalized spacial score (nSPS) is 10.3. The highest BCUT2D eigenvalue weighted by Gasteiger charge is 2.07. The van der Waals surface area contributed by atoms with Gasteiger partial charge in [-0.25, -0.2) is 8.78 Å². The van der Waals surface area contributed by atoms with Gasteiger partial charge in [0.15, 0.2) is 0 Å². The highest BCUT2D eigenvalue weighted by molar-refractivity contribution is 9.10. The van der Waals surface area contributed by atoms with E-state index < -0.39 is 11.6 Å². The SMILES string of the molecule is Fc1cccc(F)c1NCc1ccc(Br)cn1. The minimum absolute atomic E-state index is 0.128. The quantitative estimate of drug-likeness (QED) is 0.934. The van der Waals surface area contributed by atoms with E-state index in [0.717, 1.165) is 4.47 Å². The van der Waals surface area contributed by atoms with Gasteiger partial charge in [0, 0.05) is 10.7 Å². The second-order valence-corrected chi connectivity index (χ2v) is 4.33. The molecule has 0 aliphatic carbocycles. The number of nitrogens with zero attached hydrogens (tertiary/aromatic N) is 1. The molecule has 88 valence electrons. The Hall–Kier alpha value is -1.49. The number of halogens is 3. The Balaban J connectivity index is 2.10. The van der Waals surface area contributed by atoms with Crippen LogP contribution in [0.25, 0.3) is 0 Å². The van der Waals surface area contributed by atoms with Gasteiger partial charge in [0.25, 0.3) is 0 Å². The van der Waals surface area contributed by atoms with Crippen LogP contribution in [0.15, 0.2) is 41.0 Å². The lowest BCUT2D eigenvalue weighted by Crippen LogP contribution is -2.05. The number of para-hydroxylation sites is 1. The van der Waals surface area contributed by atoms with Gasteiger partial charge >= 0.3 is 0 Å². The molecule has 1 aromatic heterocycles. The summed E-state index contributed by atoms with van der Waals surface area (Å²) in [6, 6.07) is 7.34. The van der Waals surface area contributed by atoms with E-state index in [1.165, 1.54) is 18.2 Å².